The van der Waals surface area contributed by atoms with E-state index in [1.807, 2.05) is 36.0 Å². The van der Waals surface area contributed by atoms with Gasteiger partial charge in [0.1, 0.15) is 11.6 Å². The van der Waals surface area contributed by atoms with Gasteiger partial charge in [-0.05, 0) is 33.6 Å². The number of imidazole rings is 1. The Kier molecular flexibility index (Phi) is 4.04. The Morgan fingerprint density at radius 2 is 2.28 bits per heavy atom. The number of rotatable bonds is 4. The van der Waals surface area contributed by atoms with Crippen LogP contribution in [0.5, 0.6) is 5.75 Å². The lowest BCUT2D eigenvalue weighted by atomic mass is 9.98. The van der Waals surface area contributed by atoms with Crippen LogP contribution >= 0.6 is 15.9 Å². The first kappa shape index (κ1) is 13.1. The van der Waals surface area contributed by atoms with E-state index in [2.05, 4.69) is 20.9 Å². The van der Waals surface area contributed by atoms with Gasteiger partial charge >= 0.3 is 0 Å². The van der Waals surface area contributed by atoms with E-state index < -0.39 is 0 Å². The van der Waals surface area contributed by atoms with E-state index in [-0.39, 0.29) is 5.92 Å². The first-order valence-corrected chi connectivity index (χ1v) is 6.47. The van der Waals surface area contributed by atoms with Gasteiger partial charge in [-0.25, -0.2) is 4.98 Å². The van der Waals surface area contributed by atoms with Crippen molar-refractivity contribution >= 4 is 15.9 Å². The maximum Gasteiger partial charge on any atom is 0.133 e. The minimum Gasteiger partial charge on any atom is -0.496 e. The lowest BCUT2D eigenvalue weighted by Crippen LogP contribution is -2.17. The number of nitrogens with zero attached hydrogens (tertiary/aromatic N) is 2. The number of benzene rings is 1. The van der Waals surface area contributed by atoms with Gasteiger partial charge in [0.25, 0.3) is 0 Å². The largest absolute Gasteiger partial charge is 0.496 e. The van der Waals surface area contributed by atoms with E-state index in [1.54, 1.807) is 13.3 Å². The van der Waals surface area contributed by atoms with Gasteiger partial charge in [0.05, 0.1) is 17.5 Å². The Morgan fingerprint density at radius 1 is 1.50 bits per heavy atom. The topological polar surface area (TPSA) is 53.1 Å². The Balaban J connectivity index is 2.40. The van der Waals surface area contributed by atoms with Crippen LogP contribution in [-0.2, 0) is 7.05 Å². The molecule has 0 aliphatic carbocycles. The molecule has 2 N–H and O–H groups in total. The second kappa shape index (κ2) is 5.54. The van der Waals surface area contributed by atoms with Crippen molar-refractivity contribution in [3.05, 3.63) is 46.5 Å². The highest BCUT2D eigenvalue weighted by Gasteiger charge is 2.17. The summed E-state index contributed by atoms with van der Waals surface area (Å²) in [5.74, 6) is 1.87. The van der Waals surface area contributed by atoms with Crippen LogP contribution in [0.1, 0.15) is 17.3 Å². The van der Waals surface area contributed by atoms with Gasteiger partial charge in [-0.1, -0.05) is 6.07 Å². The number of methoxy groups -OCH3 is 1. The van der Waals surface area contributed by atoms with Crippen molar-refractivity contribution < 1.29 is 4.74 Å². The molecule has 0 aliphatic heterocycles. The normalized spacial score (nSPS) is 12.4. The van der Waals surface area contributed by atoms with Crippen LogP contribution in [0.25, 0.3) is 0 Å². The van der Waals surface area contributed by atoms with E-state index in [4.69, 9.17) is 10.5 Å². The summed E-state index contributed by atoms with van der Waals surface area (Å²) in [7, 11) is 3.63. The third-order valence-electron chi connectivity index (χ3n) is 2.98. The maximum atomic E-state index is 5.89. The summed E-state index contributed by atoms with van der Waals surface area (Å²) in [5, 5.41) is 0. The number of hydrogen-bond acceptors (Lipinski definition) is 3. The van der Waals surface area contributed by atoms with Crippen molar-refractivity contribution in [2.24, 2.45) is 12.8 Å². The molecule has 96 valence electrons. The zero-order valence-corrected chi connectivity index (χ0v) is 12.0. The van der Waals surface area contributed by atoms with Gasteiger partial charge < -0.3 is 15.0 Å². The van der Waals surface area contributed by atoms with E-state index >= 15 is 0 Å². The number of hydrogen-bond donors (Lipinski definition) is 1. The molecule has 0 saturated heterocycles. The monoisotopic (exact) mass is 309 g/mol. The van der Waals surface area contributed by atoms with Gasteiger partial charge in [-0.2, -0.15) is 0 Å². The van der Waals surface area contributed by atoms with E-state index in [0.29, 0.717) is 6.54 Å². The maximum absolute atomic E-state index is 5.89. The molecule has 0 fully saturated rings. The molecule has 4 nitrogen and oxygen atoms in total. The average Bonchev–Trinajstić information content (AvgIpc) is 2.77. The molecule has 1 heterocycles. The van der Waals surface area contributed by atoms with Crippen molar-refractivity contribution in [1.82, 2.24) is 9.55 Å². The molecule has 1 aromatic heterocycles. The standard InChI is InChI=1S/C13H16BrN3O/c1-17-6-5-16-13(17)10(8-15)9-3-4-12(18-2)11(14)7-9/h3-7,10H,8,15H2,1-2H3. The molecule has 1 unspecified atom stereocenters. The van der Waals surface area contributed by atoms with Crippen LogP contribution < -0.4 is 10.5 Å². The summed E-state index contributed by atoms with van der Waals surface area (Å²) >= 11 is 3.49. The molecule has 1 atom stereocenters. The summed E-state index contributed by atoms with van der Waals surface area (Å²) in [6.07, 6.45) is 3.72. The van der Waals surface area contributed by atoms with Crippen LogP contribution in [-0.4, -0.2) is 23.2 Å². The average molecular weight is 310 g/mol. The van der Waals surface area contributed by atoms with Crippen molar-refractivity contribution in [3.8, 4) is 5.75 Å². The van der Waals surface area contributed by atoms with Crippen LogP contribution in [0.4, 0.5) is 0 Å². The number of ether oxygens (including phenoxy) is 1. The molecule has 5 heteroatoms. The molecule has 18 heavy (non-hydrogen) atoms. The molecule has 2 rings (SSSR count). The molecule has 0 amide bonds. The van der Waals surface area contributed by atoms with Crippen LogP contribution in [0.3, 0.4) is 0 Å². The number of aryl methyl sites for hydroxylation is 1. The first-order valence-electron chi connectivity index (χ1n) is 5.68. The number of nitrogens with two attached hydrogens (primary N) is 1. The fourth-order valence-corrected chi connectivity index (χ4v) is 2.56. The van der Waals surface area contributed by atoms with E-state index in [9.17, 15) is 0 Å². The quantitative estimate of drug-likeness (QED) is 0.942. The molecular formula is C13H16BrN3O. The van der Waals surface area contributed by atoms with Gasteiger partial charge in [0.15, 0.2) is 0 Å². The highest BCUT2D eigenvalue weighted by Crippen LogP contribution is 2.30. The second-order valence-corrected chi connectivity index (χ2v) is 4.93. The van der Waals surface area contributed by atoms with E-state index in [1.165, 1.54) is 0 Å². The Hall–Kier alpha value is -1.33. The smallest absolute Gasteiger partial charge is 0.133 e. The second-order valence-electron chi connectivity index (χ2n) is 4.08. The highest BCUT2D eigenvalue weighted by atomic mass is 79.9. The van der Waals surface area contributed by atoms with Crippen molar-refractivity contribution in [2.75, 3.05) is 13.7 Å². The predicted molar refractivity (Wildman–Crippen MR) is 74.8 cm³/mol. The fourth-order valence-electron chi connectivity index (χ4n) is 2.00. The summed E-state index contributed by atoms with van der Waals surface area (Å²) in [5.41, 5.74) is 7.01. The number of aromatic nitrogens is 2. The molecule has 0 bridgehead atoms. The molecule has 1 aromatic carbocycles. The zero-order valence-electron chi connectivity index (χ0n) is 10.4. The molecular weight excluding hydrogens is 294 g/mol. The van der Waals surface area contributed by atoms with Crippen LogP contribution in [0, 0.1) is 0 Å². The summed E-state index contributed by atoms with van der Waals surface area (Å²) in [6, 6.07) is 5.99. The third kappa shape index (κ3) is 2.42. The van der Waals surface area contributed by atoms with Crippen molar-refractivity contribution in [1.29, 1.82) is 0 Å². The van der Waals surface area contributed by atoms with Crippen LogP contribution in [0.2, 0.25) is 0 Å². The Morgan fingerprint density at radius 3 is 2.78 bits per heavy atom. The lowest BCUT2D eigenvalue weighted by molar-refractivity contribution is 0.412. The SMILES string of the molecule is COc1ccc(C(CN)c2nccn2C)cc1Br. The van der Waals surface area contributed by atoms with E-state index in [0.717, 1.165) is 21.6 Å². The van der Waals surface area contributed by atoms with Crippen LogP contribution in [0.15, 0.2) is 35.1 Å². The summed E-state index contributed by atoms with van der Waals surface area (Å²) < 4.78 is 8.15. The van der Waals surface area contributed by atoms with Crippen molar-refractivity contribution in [3.63, 3.8) is 0 Å². The highest BCUT2D eigenvalue weighted by molar-refractivity contribution is 9.10. The minimum atomic E-state index is 0.0900. The van der Waals surface area contributed by atoms with Gasteiger partial charge in [-0.15, -0.1) is 0 Å². The van der Waals surface area contributed by atoms with Gasteiger partial charge in [0.2, 0.25) is 0 Å². The number of halogens is 1. The van der Waals surface area contributed by atoms with Crippen molar-refractivity contribution in [2.45, 2.75) is 5.92 Å². The zero-order chi connectivity index (χ0) is 13.1. The minimum absolute atomic E-state index is 0.0900. The summed E-state index contributed by atoms with van der Waals surface area (Å²) in [4.78, 5) is 4.37. The molecule has 2 aromatic rings. The molecule has 0 spiro atoms. The summed E-state index contributed by atoms with van der Waals surface area (Å²) in [6.45, 7) is 0.517. The lowest BCUT2D eigenvalue weighted by Gasteiger charge is -2.16. The Bertz CT molecular complexity index is 539. The third-order valence-corrected chi connectivity index (χ3v) is 3.60. The predicted octanol–water partition coefficient (Wildman–Crippen LogP) is 2.28. The fraction of sp³-hybridized carbons (Fsp3) is 0.308. The molecule has 0 aliphatic rings. The first-order chi connectivity index (χ1) is 8.67. The molecule has 0 saturated carbocycles. The molecule has 0 radical (unpaired) electrons. The Labute approximate surface area is 115 Å². The van der Waals surface area contributed by atoms with Gasteiger partial charge in [0, 0.05) is 26.0 Å². The van der Waals surface area contributed by atoms with Gasteiger partial charge in [-0.3, -0.25) is 0 Å².